The summed E-state index contributed by atoms with van der Waals surface area (Å²) in [5.74, 6) is 1.60. The normalized spacial score (nSPS) is 13.4. The molecule has 0 amide bonds. The molecule has 4 nitrogen and oxygen atoms in total. The highest BCUT2D eigenvalue weighted by molar-refractivity contribution is 5.65. The second-order valence-corrected chi connectivity index (χ2v) is 6.57. The van der Waals surface area contributed by atoms with E-state index in [0.29, 0.717) is 0 Å². The standard InChI is InChI=1S/C21H22N4/c1-15-7-5-10-18(13-15)23-20-14-16(2)22-21(24-20)25-12-6-9-17-8-3-4-11-19(17)25/h3-5,7-8,10-11,13-14H,6,9,12H2,1-2H3,(H,22,23,24). The van der Waals surface area contributed by atoms with Crippen molar-refractivity contribution in [1.82, 2.24) is 9.97 Å². The van der Waals surface area contributed by atoms with Crippen molar-refractivity contribution >= 4 is 23.1 Å². The lowest BCUT2D eigenvalue weighted by Gasteiger charge is -2.29. The fraction of sp³-hybridized carbons (Fsp3) is 0.238. The van der Waals surface area contributed by atoms with Gasteiger partial charge in [0.1, 0.15) is 5.82 Å². The number of fused-ring (bicyclic) bond motifs is 1. The topological polar surface area (TPSA) is 41.1 Å². The Kier molecular flexibility index (Phi) is 4.10. The SMILES string of the molecule is Cc1cccc(Nc2cc(C)nc(N3CCCc4ccccc43)n2)c1. The molecule has 4 rings (SSSR count). The molecule has 0 spiro atoms. The summed E-state index contributed by atoms with van der Waals surface area (Å²) in [6.07, 6.45) is 2.24. The third kappa shape index (κ3) is 3.33. The van der Waals surface area contributed by atoms with Crippen LogP contribution in [0.1, 0.15) is 23.2 Å². The molecule has 0 bridgehead atoms. The van der Waals surface area contributed by atoms with Crippen molar-refractivity contribution in [3.63, 3.8) is 0 Å². The van der Waals surface area contributed by atoms with Crippen molar-refractivity contribution in [2.75, 3.05) is 16.8 Å². The average molecular weight is 330 g/mol. The van der Waals surface area contributed by atoms with Crippen molar-refractivity contribution in [3.05, 3.63) is 71.4 Å². The molecule has 0 fully saturated rings. The van der Waals surface area contributed by atoms with Gasteiger partial charge in [0.2, 0.25) is 5.95 Å². The first-order valence-electron chi connectivity index (χ1n) is 8.74. The second kappa shape index (κ2) is 6.55. The van der Waals surface area contributed by atoms with E-state index in [1.165, 1.54) is 16.8 Å². The quantitative estimate of drug-likeness (QED) is 0.740. The Morgan fingerprint density at radius 2 is 1.84 bits per heavy atom. The summed E-state index contributed by atoms with van der Waals surface area (Å²) in [4.78, 5) is 11.7. The molecular weight excluding hydrogens is 308 g/mol. The number of nitrogens with zero attached hydrogens (tertiary/aromatic N) is 3. The summed E-state index contributed by atoms with van der Waals surface area (Å²) in [5, 5.41) is 3.41. The molecule has 3 aromatic rings. The van der Waals surface area contributed by atoms with Gasteiger partial charge in [0, 0.05) is 29.7 Å². The molecule has 0 saturated carbocycles. The number of hydrogen-bond donors (Lipinski definition) is 1. The van der Waals surface area contributed by atoms with Crippen molar-refractivity contribution in [1.29, 1.82) is 0 Å². The minimum absolute atomic E-state index is 0.766. The van der Waals surface area contributed by atoms with E-state index in [1.54, 1.807) is 0 Å². The Bertz CT molecular complexity index is 904. The predicted molar refractivity (Wildman–Crippen MR) is 103 cm³/mol. The van der Waals surface area contributed by atoms with Crippen LogP contribution >= 0.6 is 0 Å². The molecule has 1 N–H and O–H groups in total. The van der Waals surface area contributed by atoms with Gasteiger partial charge in [-0.25, -0.2) is 4.98 Å². The van der Waals surface area contributed by atoms with Crippen molar-refractivity contribution < 1.29 is 0 Å². The molecule has 1 aliphatic rings. The van der Waals surface area contributed by atoms with Gasteiger partial charge in [0.05, 0.1) is 0 Å². The first kappa shape index (κ1) is 15.6. The van der Waals surface area contributed by atoms with Gasteiger partial charge in [-0.2, -0.15) is 4.98 Å². The zero-order valence-electron chi connectivity index (χ0n) is 14.7. The Morgan fingerprint density at radius 3 is 2.72 bits per heavy atom. The highest BCUT2D eigenvalue weighted by Crippen LogP contribution is 2.32. The number of nitrogens with one attached hydrogen (secondary N) is 1. The molecule has 2 heterocycles. The molecule has 1 aliphatic heterocycles. The van der Waals surface area contributed by atoms with Crippen LogP contribution in [0.25, 0.3) is 0 Å². The van der Waals surface area contributed by atoms with Crippen molar-refractivity contribution in [2.24, 2.45) is 0 Å². The molecule has 0 atom stereocenters. The van der Waals surface area contributed by atoms with E-state index in [-0.39, 0.29) is 0 Å². The maximum Gasteiger partial charge on any atom is 0.232 e. The smallest absolute Gasteiger partial charge is 0.232 e. The van der Waals surface area contributed by atoms with Crippen molar-refractivity contribution in [3.8, 4) is 0 Å². The van der Waals surface area contributed by atoms with Gasteiger partial charge in [0.15, 0.2) is 0 Å². The molecule has 25 heavy (non-hydrogen) atoms. The second-order valence-electron chi connectivity index (χ2n) is 6.57. The summed E-state index contributed by atoms with van der Waals surface area (Å²) in [6.45, 7) is 5.05. The predicted octanol–water partition coefficient (Wildman–Crippen LogP) is 4.92. The van der Waals surface area contributed by atoms with Gasteiger partial charge in [-0.05, 0) is 56.0 Å². The summed E-state index contributed by atoms with van der Waals surface area (Å²) >= 11 is 0. The Morgan fingerprint density at radius 1 is 0.960 bits per heavy atom. The molecule has 126 valence electrons. The van der Waals surface area contributed by atoms with Crippen LogP contribution in [0.4, 0.5) is 23.1 Å². The van der Waals surface area contributed by atoms with Crippen LogP contribution in [0, 0.1) is 13.8 Å². The van der Waals surface area contributed by atoms with E-state index in [0.717, 1.165) is 42.5 Å². The minimum atomic E-state index is 0.766. The van der Waals surface area contributed by atoms with E-state index in [9.17, 15) is 0 Å². The molecule has 0 aliphatic carbocycles. The van der Waals surface area contributed by atoms with Gasteiger partial charge >= 0.3 is 0 Å². The van der Waals surface area contributed by atoms with Crippen LogP contribution < -0.4 is 10.2 Å². The minimum Gasteiger partial charge on any atom is -0.340 e. The Balaban J connectivity index is 1.69. The number of anilines is 4. The highest BCUT2D eigenvalue weighted by atomic mass is 15.3. The lowest BCUT2D eigenvalue weighted by atomic mass is 10.0. The van der Waals surface area contributed by atoms with Gasteiger partial charge < -0.3 is 10.2 Å². The van der Waals surface area contributed by atoms with E-state index < -0.39 is 0 Å². The number of hydrogen-bond acceptors (Lipinski definition) is 4. The third-order valence-electron chi connectivity index (χ3n) is 4.48. The fourth-order valence-electron chi connectivity index (χ4n) is 3.35. The van der Waals surface area contributed by atoms with Gasteiger partial charge in [-0.15, -0.1) is 0 Å². The average Bonchev–Trinajstić information content (AvgIpc) is 2.61. The molecule has 0 saturated heterocycles. The third-order valence-corrected chi connectivity index (χ3v) is 4.48. The largest absolute Gasteiger partial charge is 0.340 e. The van der Waals surface area contributed by atoms with Crippen LogP contribution in [-0.2, 0) is 6.42 Å². The van der Waals surface area contributed by atoms with E-state index >= 15 is 0 Å². The summed E-state index contributed by atoms with van der Waals surface area (Å²) in [5.41, 5.74) is 5.82. The molecular formula is C21H22N4. The van der Waals surface area contributed by atoms with E-state index in [2.05, 4.69) is 59.6 Å². The maximum absolute atomic E-state index is 4.78. The summed E-state index contributed by atoms with van der Waals surface area (Å²) in [6, 6.07) is 18.8. The van der Waals surface area contributed by atoms with Gasteiger partial charge in [-0.3, -0.25) is 0 Å². The molecule has 4 heteroatoms. The number of aryl methyl sites for hydroxylation is 3. The van der Waals surface area contributed by atoms with Crippen LogP contribution in [0.5, 0.6) is 0 Å². The van der Waals surface area contributed by atoms with E-state index in [4.69, 9.17) is 9.97 Å². The molecule has 2 aromatic carbocycles. The lowest BCUT2D eigenvalue weighted by molar-refractivity contribution is 0.749. The van der Waals surface area contributed by atoms with Gasteiger partial charge in [-0.1, -0.05) is 30.3 Å². The van der Waals surface area contributed by atoms with Crippen LogP contribution in [0.15, 0.2) is 54.6 Å². The number of benzene rings is 2. The van der Waals surface area contributed by atoms with E-state index in [1.807, 2.05) is 19.1 Å². The van der Waals surface area contributed by atoms with Crippen molar-refractivity contribution in [2.45, 2.75) is 26.7 Å². The Labute approximate surface area is 148 Å². The highest BCUT2D eigenvalue weighted by Gasteiger charge is 2.20. The molecule has 1 aromatic heterocycles. The summed E-state index contributed by atoms with van der Waals surface area (Å²) < 4.78 is 0. The first-order chi connectivity index (χ1) is 12.2. The summed E-state index contributed by atoms with van der Waals surface area (Å²) in [7, 11) is 0. The Hall–Kier alpha value is -2.88. The number of rotatable bonds is 3. The molecule has 0 unspecified atom stereocenters. The zero-order valence-corrected chi connectivity index (χ0v) is 14.7. The van der Waals surface area contributed by atoms with Crippen LogP contribution in [0.2, 0.25) is 0 Å². The fourth-order valence-corrected chi connectivity index (χ4v) is 3.35. The lowest BCUT2D eigenvalue weighted by Crippen LogP contribution is -2.26. The maximum atomic E-state index is 4.78. The zero-order chi connectivity index (χ0) is 17.2. The first-order valence-corrected chi connectivity index (χ1v) is 8.74. The monoisotopic (exact) mass is 330 g/mol. The van der Waals surface area contributed by atoms with Crippen LogP contribution in [-0.4, -0.2) is 16.5 Å². The molecule has 0 radical (unpaired) electrons. The number of para-hydroxylation sites is 1. The van der Waals surface area contributed by atoms with Gasteiger partial charge in [0.25, 0.3) is 0 Å². The number of aromatic nitrogens is 2. The van der Waals surface area contributed by atoms with Crippen LogP contribution in [0.3, 0.4) is 0 Å².